The maximum Gasteiger partial charge on any atom is 0.251 e. The normalized spacial score (nSPS) is 17.7. The summed E-state index contributed by atoms with van der Waals surface area (Å²) in [5.74, 6) is -0.208. The third-order valence-electron chi connectivity index (χ3n) is 6.86. The lowest BCUT2D eigenvalue weighted by molar-refractivity contribution is -0.119. The molecular weight excluding hydrogens is 450 g/mol. The summed E-state index contributed by atoms with van der Waals surface area (Å²) in [5.41, 5.74) is 2.03. The predicted octanol–water partition coefficient (Wildman–Crippen LogP) is 4.09. The van der Waals surface area contributed by atoms with Crippen LogP contribution in [-0.2, 0) is 21.4 Å². The highest BCUT2D eigenvalue weighted by molar-refractivity contribution is 7.89. The van der Waals surface area contributed by atoms with Crippen LogP contribution in [0.25, 0.3) is 0 Å². The number of piperidine rings is 1. The molecule has 0 aromatic heterocycles. The van der Waals surface area contributed by atoms with Crippen molar-refractivity contribution < 1.29 is 18.0 Å². The van der Waals surface area contributed by atoms with Gasteiger partial charge in [0, 0.05) is 43.9 Å². The molecule has 2 amide bonds. The Hall–Kier alpha value is -2.71. The molecule has 0 bridgehead atoms. The first-order chi connectivity index (χ1) is 16.4. The Labute approximate surface area is 202 Å². The van der Waals surface area contributed by atoms with Crippen molar-refractivity contribution in [1.29, 1.82) is 0 Å². The lowest BCUT2D eigenvalue weighted by atomic mass is 9.96. The zero-order valence-corrected chi connectivity index (χ0v) is 20.5. The molecule has 2 aromatic rings. The molecule has 0 unspecified atom stereocenters. The molecule has 34 heavy (non-hydrogen) atoms. The number of nitrogens with one attached hydrogen (secondary N) is 1. The van der Waals surface area contributed by atoms with Gasteiger partial charge in [0.05, 0.1) is 4.90 Å². The van der Waals surface area contributed by atoms with Gasteiger partial charge in [0.25, 0.3) is 5.91 Å². The van der Waals surface area contributed by atoms with Gasteiger partial charge in [0.2, 0.25) is 15.9 Å². The summed E-state index contributed by atoms with van der Waals surface area (Å²) in [6, 6.07) is 13.9. The topological polar surface area (TPSA) is 86.8 Å². The lowest BCUT2D eigenvalue weighted by Gasteiger charge is -2.30. The van der Waals surface area contributed by atoms with Crippen LogP contribution in [-0.4, -0.2) is 44.2 Å². The number of hydrogen-bond donors (Lipinski definition) is 1. The van der Waals surface area contributed by atoms with Crippen LogP contribution in [0.1, 0.15) is 67.3 Å². The fraction of sp³-hybridized carbons (Fsp3) is 0.462. The fourth-order valence-corrected chi connectivity index (χ4v) is 6.26. The Bertz CT molecular complexity index is 1140. The van der Waals surface area contributed by atoms with Crippen LogP contribution in [0.3, 0.4) is 0 Å². The summed E-state index contributed by atoms with van der Waals surface area (Å²) in [6.07, 6.45) is 7.46. The standard InChI is InChI=1S/C26H33N3O4S/c1-28(22-11-3-2-4-12-22)34(32,33)24-14-8-10-21(18-24)26(31)27-19-20-9-7-13-23(17-20)29-16-6-5-15-25(29)30/h7-10,13-14,17-18,22H,2-6,11-12,15-16,19H2,1H3,(H,27,31). The molecule has 0 spiro atoms. The molecule has 0 radical (unpaired) electrons. The summed E-state index contributed by atoms with van der Waals surface area (Å²) < 4.78 is 27.8. The first kappa shape index (κ1) is 24.4. The van der Waals surface area contributed by atoms with Crippen molar-refractivity contribution in [1.82, 2.24) is 9.62 Å². The average Bonchev–Trinajstić information content (AvgIpc) is 2.88. The Balaban J connectivity index is 1.43. The van der Waals surface area contributed by atoms with Crippen molar-refractivity contribution in [2.24, 2.45) is 0 Å². The molecule has 2 aliphatic rings. The molecule has 1 N–H and O–H groups in total. The van der Waals surface area contributed by atoms with E-state index in [9.17, 15) is 18.0 Å². The van der Waals surface area contributed by atoms with Gasteiger partial charge in [-0.1, -0.05) is 37.5 Å². The number of anilines is 1. The Morgan fingerprint density at radius 3 is 2.56 bits per heavy atom. The van der Waals surface area contributed by atoms with E-state index in [-0.39, 0.29) is 29.3 Å². The Morgan fingerprint density at radius 1 is 1.03 bits per heavy atom. The molecular formula is C26H33N3O4S. The highest BCUT2D eigenvalue weighted by Gasteiger charge is 2.29. The second-order valence-corrected chi connectivity index (χ2v) is 11.2. The quantitative estimate of drug-likeness (QED) is 0.643. The van der Waals surface area contributed by atoms with Crippen LogP contribution in [0.15, 0.2) is 53.4 Å². The second kappa shape index (κ2) is 10.7. The molecule has 1 saturated carbocycles. The molecule has 2 fully saturated rings. The maximum atomic E-state index is 13.2. The number of hydrogen-bond acceptors (Lipinski definition) is 4. The highest BCUT2D eigenvalue weighted by atomic mass is 32.2. The number of rotatable bonds is 7. The van der Waals surface area contributed by atoms with Crippen LogP contribution >= 0.6 is 0 Å². The average molecular weight is 484 g/mol. The third-order valence-corrected chi connectivity index (χ3v) is 8.77. The third kappa shape index (κ3) is 5.50. The van der Waals surface area contributed by atoms with E-state index in [2.05, 4.69) is 5.32 Å². The van der Waals surface area contributed by atoms with Crippen molar-refractivity contribution in [3.8, 4) is 0 Å². The van der Waals surface area contributed by atoms with E-state index in [1.165, 1.54) is 10.4 Å². The molecule has 1 aliphatic carbocycles. The van der Waals surface area contributed by atoms with E-state index < -0.39 is 10.0 Å². The summed E-state index contributed by atoms with van der Waals surface area (Å²) in [6.45, 7) is 0.999. The van der Waals surface area contributed by atoms with Gasteiger partial charge in [-0.3, -0.25) is 9.59 Å². The summed E-state index contributed by atoms with van der Waals surface area (Å²) >= 11 is 0. The van der Waals surface area contributed by atoms with Crippen LogP contribution in [0, 0.1) is 0 Å². The largest absolute Gasteiger partial charge is 0.348 e. The molecule has 7 nitrogen and oxygen atoms in total. The van der Waals surface area contributed by atoms with Crippen molar-refractivity contribution >= 4 is 27.5 Å². The van der Waals surface area contributed by atoms with Crippen molar-refractivity contribution in [3.05, 3.63) is 59.7 Å². The number of amides is 2. The number of sulfonamides is 1. The number of benzene rings is 2. The molecule has 1 aliphatic heterocycles. The Morgan fingerprint density at radius 2 is 1.79 bits per heavy atom. The first-order valence-electron chi connectivity index (χ1n) is 12.1. The van der Waals surface area contributed by atoms with E-state index in [0.29, 0.717) is 18.5 Å². The molecule has 8 heteroatoms. The fourth-order valence-electron chi connectivity index (χ4n) is 4.80. The number of carbonyl (C=O) groups is 2. The van der Waals surface area contributed by atoms with Gasteiger partial charge in [-0.05, 0) is 61.6 Å². The van der Waals surface area contributed by atoms with Crippen molar-refractivity contribution in [2.75, 3.05) is 18.5 Å². The van der Waals surface area contributed by atoms with Crippen LogP contribution < -0.4 is 10.2 Å². The highest BCUT2D eigenvalue weighted by Crippen LogP contribution is 2.27. The van der Waals surface area contributed by atoms with Gasteiger partial charge < -0.3 is 10.2 Å². The van der Waals surface area contributed by atoms with Crippen LogP contribution in [0.4, 0.5) is 5.69 Å². The molecule has 0 atom stereocenters. The van der Waals surface area contributed by atoms with Crippen molar-refractivity contribution in [3.63, 3.8) is 0 Å². The maximum absolute atomic E-state index is 13.2. The van der Waals surface area contributed by atoms with E-state index in [4.69, 9.17) is 0 Å². The van der Waals surface area contributed by atoms with Gasteiger partial charge >= 0.3 is 0 Å². The van der Waals surface area contributed by atoms with Gasteiger partial charge in [-0.25, -0.2) is 8.42 Å². The van der Waals surface area contributed by atoms with Crippen molar-refractivity contribution in [2.45, 2.75) is 68.8 Å². The minimum atomic E-state index is -3.67. The minimum Gasteiger partial charge on any atom is -0.348 e. The molecule has 182 valence electrons. The predicted molar refractivity (Wildman–Crippen MR) is 132 cm³/mol. The lowest BCUT2D eigenvalue weighted by Crippen LogP contribution is -2.38. The molecule has 2 aromatic carbocycles. The Kier molecular flexibility index (Phi) is 7.68. The van der Waals surface area contributed by atoms with Gasteiger partial charge in [-0.2, -0.15) is 4.31 Å². The van der Waals surface area contributed by atoms with E-state index >= 15 is 0 Å². The molecule has 1 heterocycles. The summed E-state index contributed by atoms with van der Waals surface area (Å²) in [5, 5.41) is 2.88. The SMILES string of the molecule is CN(C1CCCCC1)S(=O)(=O)c1cccc(C(=O)NCc2cccc(N3CCCCC3=O)c2)c1. The smallest absolute Gasteiger partial charge is 0.251 e. The van der Waals surface area contributed by atoms with Crippen LogP contribution in [0.5, 0.6) is 0 Å². The van der Waals surface area contributed by atoms with Crippen LogP contribution in [0.2, 0.25) is 0 Å². The zero-order chi connectivity index (χ0) is 24.1. The van der Waals surface area contributed by atoms with E-state index in [1.807, 2.05) is 24.3 Å². The monoisotopic (exact) mass is 483 g/mol. The zero-order valence-electron chi connectivity index (χ0n) is 19.7. The minimum absolute atomic E-state index is 0.00953. The van der Waals surface area contributed by atoms with Gasteiger partial charge in [0.15, 0.2) is 0 Å². The van der Waals surface area contributed by atoms with Gasteiger partial charge in [0.1, 0.15) is 0 Å². The number of carbonyl (C=O) groups excluding carboxylic acids is 2. The first-order valence-corrected chi connectivity index (χ1v) is 13.6. The molecule has 4 rings (SSSR count). The number of nitrogens with zero attached hydrogens (tertiary/aromatic N) is 2. The summed E-state index contributed by atoms with van der Waals surface area (Å²) in [4.78, 5) is 27.0. The second-order valence-electron chi connectivity index (χ2n) is 9.20. The van der Waals surface area contributed by atoms with Gasteiger partial charge in [-0.15, -0.1) is 0 Å². The van der Waals surface area contributed by atoms with E-state index in [1.54, 1.807) is 30.1 Å². The molecule has 1 saturated heterocycles. The van der Waals surface area contributed by atoms with E-state index in [0.717, 1.165) is 56.2 Å². The summed E-state index contributed by atoms with van der Waals surface area (Å²) in [7, 11) is -2.03.